The van der Waals surface area contributed by atoms with Crippen LogP contribution in [0.1, 0.15) is 0 Å². The molecular weight excluding hydrogens is 280 g/mol. The molecule has 0 N–H and O–H groups in total. The molecule has 2 rings (SSSR count). The van der Waals surface area contributed by atoms with Crippen molar-refractivity contribution in [1.82, 2.24) is 0 Å². The van der Waals surface area contributed by atoms with E-state index in [-0.39, 0.29) is 0 Å². The first-order chi connectivity index (χ1) is 10.8. The largest absolute Gasteiger partial charge is 0.498 e. The van der Waals surface area contributed by atoms with E-state index < -0.39 is 0 Å². The maximum atomic E-state index is 5.79. The topological polar surface area (TPSA) is 36.9 Å². The first-order valence-electron chi connectivity index (χ1n) is 7.08. The summed E-state index contributed by atoms with van der Waals surface area (Å²) in [6.45, 7) is 8.80. The molecule has 0 amide bonds. The van der Waals surface area contributed by atoms with Crippen LogP contribution in [0, 0.1) is 0 Å². The highest BCUT2D eigenvalue weighted by molar-refractivity contribution is 5.89. The van der Waals surface area contributed by atoms with Gasteiger partial charge in [-0.1, -0.05) is 37.4 Å². The first kappa shape index (κ1) is 15.8. The predicted octanol–water partition coefficient (Wildman–Crippen LogP) is 3.92. The second-order valence-electron chi connectivity index (χ2n) is 4.41. The molecule has 0 fully saturated rings. The minimum Gasteiger partial charge on any atom is -0.498 e. The van der Waals surface area contributed by atoms with Crippen molar-refractivity contribution in [1.29, 1.82) is 0 Å². The second kappa shape index (κ2) is 8.62. The number of ether oxygens (including phenoxy) is 4. The molecule has 0 bridgehead atoms. The van der Waals surface area contributed by atoms with Gasteiger partial charge in [0.25, 0.3) is 0 Å². The van der Waals surface area contributed by atoms with Crippen LogP contribution in [-0.2, 0) is 9.47 Å². The predicted molar refractivity (Wildman–Crippen MR) is 87.2 cm³/mol. The average Bonchev–Trinajstić information content (AvgIpc) is 2.55. The van der Waals surface area contributed by atoms with E-state index in [1.165, 1.54) is 12.5 Å². The quantitative estimate of drug-likeness (QED) is 0.492. The van der Waals surface area contributed by atoms with Crippen molar-refractivity contribution < 1.29 is 18.9 Å². The minimum absolute atomic E-state index is 0.443. The fourth-order valence-corrected chi connectivity index (χ4v) is 2.03. The first-order valence-corrected chi connectivity index (χ1v) is 7.08. The lowest BCUT2D eigenvalue weighted by molar-refractivity contribution is 0.175. The Bertz CT molecular complexity index is 622. The lowest BCUT2D eigenvalue weighted by Crippen LogP contribution is -2.06. The van der Waals surface area contributed by atoms with Crippen molar-refractivity contribution in [3.05, 3.63) is 62.1 Å². The molecule has 0 saturated heterocycles. The molecule has 116 valence electrons. The maximum Gasteiger partial charge on any atom is 0.131 e. The van der Waals surface area contributed by atoms with Crippen LogP contribution in [0.3, 0.4) is 0 Å². The molecule has 0 spiro atoms. The zero-order valence-corrected chi connectivity index (χ0v) is 12.5. The fraction of sp³-hybridized carbons (Fsp3) is 0.222. The average molecular weight is 300 g/mol. The Balaban J connectivity index is 2.12. The molecule has 0 radical (unpaired) electrons. The van der Waals surface area contributed by atoms with Crippen molar-refractivity contribution in [3.8, 4) is 11.5 Å². The highest BCUT2D eigenvalue weighted by atomic mass is 16.5. The summed E-state index contributed by atoms with van der Waals surface area (Å²) in [7, 11) is 0. The zero-order chi connectivity index (χ0) is 15.6. The van der Waals surface area contributed by atoms with E-state index in [1.54, 1.807) is 0 Å². The molecule has 0 heterocycles. The van der Waals surface area contributed by atoms with Crippen LogP contribution in [0.4, 0.5) is 0 Å². The van der Waals surface area contributed by atoms with Gasteiger partial charge in [-0.2, -0.15) is 0 Å². The molecule has 0 unspecified atom stereocenters. The van der Waals surface area contributed by atoms with Crippen molar-refractivity contribution >= 4 is 10.8 Å². The standard InChI is InChI=1S/C18H20O4/c1-3-19-9-11-21-16-13-15-7-5-6-8-17(15)18(14-16)22-12-10-20-4-2/h3-8,13-14H,1-2,9-12H2. The third kappa shape index (κ3) is 4.45. The maximum absolute atomic E-state index is 5.79. The molecule has 4 heteroatoms. The zero-order valence-electron chi connectivity index (χ0n) is 12.5. The van der Waals surface area contributed by atoms with E-state index in [4.69, 9.17) is 18.9 Å². The van der Waals surface area contributed by atoms with Gasteiger partial charge in [0, 0.05) is 11.5 Å². The van der Waals surface area contributed by atoms with Gasteiger partial charge in [0.1, 0.15) is 37.9 Å². The van der Waals surface area contributed by atoms with E-state index in [1.807, 2.05) is 36.4 Å². The van der Waals surface area contributed by atoms with Gasteiger partial charge in [-0.3, -0.25) is 0 Å². The molecule has 0 aliphatic carbocycles. The molecule has 0 atom stereocenters. The lowest BCUT2D eigenvalue weighted by Gasteiger charge is -2.13. The summed E-state index contributed by atoms with van der Waals surface area (Å²) >= 11 is 0. The normalized spacial score (nSPS) is 10.0. The van der Waals surface area contributed by atoms with Gasteiger partial charge in [0.15, 0.2) is 0 Å². The van der Waals surface area contributed by atoms with E-state index in [0.29, 0.717) is 26.4 Å². The van der Waals surface area contributed by atoms with E-state index in [2.05, 4.69) is 13.2 Å². The summed E-state index contributed by atoms with van der Waals surface area (Å²) in [5.41, 5.74) is 0. The Kier molecular flexibility index (Phi) is 6.18. The van der Waals surface area contributed by atoms with Crippen LogP contribution in [-0.4, -0.2) is 26.4 Å². The van der Waals surface area contributed by atoms with Crippen molar-refractivity contribution in [2.45, 2.75) is 0 Å². The van der Waals surface area contributed by atoms with Crippen LogP contribution in [0.5, 0.6) is 11.5 Å². The summed E-state index contributed by atoms with van der Waals surface area (Å²) in [6, 6.07) is 11.9. The van der Waals surface area contributed by atoms with Gasteiger partial charge < -0.3 is 18.9 Å². The second-order valence-corrected chi connectivity index (χ2v) is 4.41. The number of benzene rings is 2. The van der Waals surface area contributed by atoms with Crippen molar-refractivity contribution in [2.24, 2.45) is 0 Å². The lowest BCUT2D eigenvalue weighted by atomic mass is 10.1. The van der Waals surface area contributed by atoms with E-state index in [0.717, 1.165) is 22.3 Å². The Labute approximate surface area is 130 Å². The molecular formula is C18H20O4. The summed E-state index contributed by atoms with van der Waals surface area (Å²) in [4.78, 5) is 0. The fourth-order valence-electron chi connectivity index (χ4n) is 2.03. The third-order valence-electron chi connectivity index (χ3n) is 2.96. The smallest absolute Gasteiger partial charge is 0.131 e. The number of hydrogen-bond donors (Lipinski definition) is 0. The van der Waals surface area contributed by atoms with E-state index in [9.17, 15) is 0 Å². The number of hydrogen-bond acceptors (Lipinski definition) is 4. The molecule has 2 aromatic rings. The molecule has 0 aliphatic heterocycles. The van der Waals surface area contributed by atoms with Gasteiger partial charge in [0.2, 0.25) is 0 Å². The van der Waals surface area contributed by atoms with Crippen LogP contribution in [0.15, 0.2) is 62.1 Å². The SMILES string of the molecule is C=COCCOc1cc(OCCOC=C)c2ccccc2c1. The Morgan fingerprint density at radius 3 is 2.23 bits per heavy atom. The number of fused-ring (bicyclic) bond motifs is 1. The van der Waals surface area contributed by atoms with Crippen LogP contribution >= 0.6 is 0 Å². The van der Waals surface area contributed by atoms with Crippen molar-refractivity contribution in [3.63, 3.8) is 0 Å². The van der Waals surface area contributed by atoms with Gasteiger partial charge in [-0.05, 0) is 11.5 Å². The van der Waals surface area contributed by atoms with Crippen LogP contribution in [0.2, 0.25) is 0 Å². The van der Waals surface area contributed by atoms with Gasteiger partial charge in [-0.15, -0.1) is 0 Å². The minimum atomic E-state index is 0.443. The molecule has 0 saturated carbocycles. The molecule has 4 nitrogen and oxygen atoms in total. The monoisotopic (exact) mass is 300 g/mol. The summed E-state index contributed by atoms with van der Waals surface area (Å²) in [5.74, 6) is 1.51. The van der Waals surface area contributed by atoms with Gasteiger partial charge in [-0.25, -0.2) is 0 Å². The molecule has 22 heavy (non-hydrogen) atoms. The van der Waals surface area contributed by atoms with Crippen LogP contribution in [0.25, 0.3) is 10.8 Å². The van der Waals surface area contributed by atoms with Gasteiger partial charge in [0.05, 0.1) is 12.5 Å². The summed E-state index contributed by atoms with van der Waals surface area (Å²) < 4.78 is 21.6. The highest BCUT2D eigenvalue weighted by Crippen LogP contribution is 2.31. The Hall–Kier alpha value is -2.62. The molecule has 0 aromatic heterocycles. The van der Waals surface area contributed by atoms with Crippen molar-refractivity contribution in [2.75, 3.05) is 26.4 Å². The van der Waals surface area contributed by atoms with Crippen LogP contribution < -0.4 is 9.47 Å². The summed E-state index contributed by atoms with van der Waals surface area (Å²) in [6.07, 6.45) is 2.80. The molecule has 0 aliphatic rings. The van der Waals surface area contributed by atoms with Gasteiger partial charge >= 0.3 is 0 Å². The molecule has 2 aromatic carbocycles. The highest BCUT2D eigenvalue weighted by Gasteiger charge is 2.06. The Morgan fingerprint density at radius 2 is 1.50 bits per heavy atom. The Morgan fingerprint density at radius 1 is 0.818 bits per heavy atom. The third-order valence-corrected chi connectivity index (χ3v) is 2.96. The number of rotatable bonds is 10. The summed E-state index contributed by atoms with van der Waals surface area (Å²) in [5, 5.41) is 2.10. The van der Waals surface area contributed by atoms with E-state index >= 15 is 0 Å².